The predicted molar refractivity (Wildman–Crippen MR) is 133 cm³/mol. The summed E-state index contributed by atoms with van der Waals surface area (Å²) in [7, 11) is -1.32. The van der Waals surface area contributed by atoms with Gasteiger partial charge in [-0.15, -0.1) is 0 Å². The van der Waals surface area contributed by atoms with Crippen molar-refractivity contribution in [3.8, 4) is 5.75 Å². The van der Waals surface area contributed by atoms with Crippen LogP contribution in [-0.2, 0) is 21.6 Å². The lowest BCUT2D eigenvalue weighted by Gasteiger charge is -2.32. The maximum Gasteiger partial charge on any atom is 0.327 e. The Balaban J connectivity index is 1.60. The zero-order chi connectivity index (χ0) is 24.7. The van der Waals surface area contributed by atoms with Gasteiger partial charge in [-0.05, 0) is 41.4 Å². The summed E-state index contributed by atoms with van der Waals surface area (Å²) in [5.74, 6) is -0.753. The highest BCUT2D eigenvalue weighted by Crippen LogP contribution is 2.35. The minimum atomic E-state index is -1.44. The first kappa shape index (κ1) is 24.4. The maximum atomic E-state index is 13.7. The molecule has 180 valence electrons. The first-order chi connectivity index (χ1) is 16.0. The summed E-state index contributed by atoms with van der Waals surface area (Å²) >= 11 is 3.40. The van der Waals surface area contributed by atoms with Gasteiger partial charge < -0.3 is 20.1 Å². The molecule has 1 saturated heterocycles. The van der Waals surface area contributed by atoms with Crippen molar-refractivity contribution < 1.29 is 24.2 Å². The topological polar surface area (TPSA) is 99.2 Å². The van der Waals surface area contributed by atoms with Crippen LogP contribution in [-0.4, -0.2) is 60.7 Å². The molecule has 4 rings (SSSR count). The molecule has 0 bridgehead atoms. The van der Waals surface area contributed by atoms with Gasteiger partial charge in [0.1, 0.15) is 12.5 Å². The highest BCUT2D eigenvalue weighted by molar-refractivity contribution is 9.10. The largest absolute Gasteiger partial charge is 0.508 e. The summed E-state index contributed by atoms with van der Waals surface area (Å²) in [6.07, 6.45) is 0. The summed E-state index contributed by atoms with van der Waals surface area (Å²) in [5.41, 5.74) is 0.288. The van der Waals surface area contributed by atoms with Crippen LogP contribution in [0.2, 0.25) is 25.7 Å². The SMILES string of the molecule is C[Si](C)(C)CCOCN1C(=O)NC(CN2Cc3ccc(O)cc3C2=O)(c2ccc(Br)cc2)C1=O. The molecule has 0 radical (unpaired) electrons. The van der Waals surface area contributed by atoms with Crippen molar-refractivity contribution in [2.24, 2.45) is 0 Å². The number of phenols is 1. The van der Waals surface area contributed by atoms with Gasteiger partial charge >= 0.3 is 6.03 Å². The van der Waals surface area contributed by atoms with Crippen molar-refractivity contribution in [1.29, 1.82) is 0 Å². The normalized spacial score (nSPS) is 20.2. The molecule has 2 aromatic rings. The van der Waals surface area contributed by atoms with E-state index in [0.717, 1.165) is 21.0 Å². The second kappa shape index (κ2) is 9.16. The number of benzene rings is 2. The smallest absolute Gasteiger partial charge is 0.327 e. The Morgan fingerprint density at radius 3 is 2.50 bits per heavy atom. The molecule has 0 aliphatic carbocycles. The highest BCUT2D eigenvalue weighted by atomic mass is 79.9. The Morgan fingerprint density at radius 2 is 1.82 bits per heavy atom. The maximum absolute atomic E-state index is 13.7. The highest BCUT2D eigenvalue weighted by Gasteiger charge is 2.54. The molecule has 2 aliphatic rings. The molecular weight excluding hydrogens is 518 g/mol. The van der Waals surface area contributed by atoms with E-state index in [2.05, 4.69) is 40.9 Å². The average molecular weight is 546 g/mol. The Bertz CT molecular complexity index is 1130. The number of phenolic OH excluding ortho intramolecular Hbond substituents is 1. The van der Waals surface area contributed by atoms with Crippen LogP contribution in [0, 0.1) is 0 Å². The van der Waals surface area contributed by atoms with Gasteiger partial charge in [0.15, 0.2) is 5.54 Å². The van der Waals surface area contributed by atoms with Crippen molar-refractivity contribution >= 4 is 41.8 Å². The zero-order valence-corrected chi connectivity index (χ0v) is 22.0. The van der Waals surface area contributed by atoms with Crippen LogP contribution in [0.5, 0.6) is 5.75 Å². The monoisotopic (exact) mass is 545 g/mol. The fourth-order valence-electron chi connectivity index (χ4n) is 4.17. The van der Waals surface area contributed by atoms with Gasteiger partial charge in [-0.1, -0.05) is 53.8 Å². The fraction of sp³-hybridized carbons (Fsp3) is 0.375. The molecule has 1 atom stereocenters. The second-order valence-electron chi connectivity index (χ2n) is 9.93. The van der Waals surface area contributed by atoms with Gasteiger partial charge in [0.25, 0.3) is 11.8 Å². The third kappa shape index (κ3) is 4.75. The van der Waals surface area contributed by atoms with Crippen LogP contribution in [0.3, 0.4) is 0 Å². The standard InChI is InChI=1S/C24H28BrN3O5Si/c1-34(2,3)11-10-33-15-28-22(31)24(26-23(28)32,17-5-7-18(25)8-6-17)14-27-13-16-4-9-19(29)12-20(16)21(27)30/h4-9,12,29H,10-11,13-15H2,1-3H3,(H,26,32). The van der Waals surface area contributed by atoms with E-state index in [4.69, 9.17) is 4.74 Å². The molecule has 2 aromatic carbocycles. The molecule has 2 N–H and O–H groups in total. The van der Waals surface area contributed by atoms with E-state index < -0.39 is 25.6 Å². The number of fused-ring (bicyclic) bond motifs is 1. The third-order valence-corrected chi connectivity index (χ3v) is 8.36. The lowest BCUT2D eigenvalue weighted by atomic mass is 9.89. The van der Waals surface area contributed by atoms with Crippen molar-refractivity contribution in [3.63, 3.8) is 0 Å². The van der Waals surface area contributed by atoms with Crippen LogP contribution in [0.1, 0.15) is 21.5 Å². The summed E-state index contributed by atoms with van der Waals surface area (Å²) in [5, 5.41) is 12.7. The van der Waals surface area contributed by atoms with Gasteiger partial charge in [-0.3, -0.25) is 9.59 Å². The van der Waals surface area contributed by atoms with Crippen LogP contribution < -0.4 is 5.32 Å². The summed E-state index contributed by atoms with van der Waals surface area (Å²) in [6, 6.07) is 12.1. The van der Waals surface area contributed by atoms with E-state index in [1.165, 1.54) is 17.0 Å². The van der Waals surface area contributed by atoms with E-state index in [0.29, 0.717) is 17.7 Å². The lowest BCUT2D eigenvalue weighted by Crippen LogP contribution is -2.53. The van der Waals surface area contributed by atoms with Gasteiger partial charge in [-0.25, -0.2) is 9.69 Å². The van der Waals surface area contributed by atoms with Gasteiger partial charge in [0.2, 0.25) is 0 Å². The van der Waals surface area contributed by atoms with Crippen molar-refractivity contribution in [2.45, 2.75) is 37.8 Å². The number of halogens is 1. The quantitative estimate of drug-likeness (QED) is 0.298. The second-order valence-corrected chi connectivity index (χ2v) is 16.5. The summed E-state index contributed by atoms with van der Waals surface area (Å²) in [4.78, 5) is 42.3. The Labute approximate surface area is 208 Å². The first-order valence-electron chi connectivity index (χ1n) is 11.1. The number of rotatable bonds is 8. The van der Waals surface area contributed by atoms with Crippen LogP contribution in [0.15, 0.2) is 46.9 Å². The molecule has 10 heteroatoms. The molecule has 0 spiro atoms. The van der Waals surface area contributed by atoms with Gasteiger partial charge in [0, 0.05) is 31.3 Å². The number of carbonyl (C=O) groups is 3. The van der Waals surface area contributed by atoms with E-state index in [9.17, 15) is 19.5 Å². The number of hydrogen-bond donors (Lipinski definition) is 2. The Kier molecular flexibility index (Phi) is 6.58. The summed E-state index contributed by atoms with van der Waals surface area (Å²) in [6.45, 7) is 7.26. The number of amides is 4. The van der Waals surface area contributed by atoms with Crippen molar-refractivity contribution in [2.75, 3.05) is 19.9 Å². The van der Waals surface area contributed by atoms with Gasteiger partial charge in [-0.2, -0.15) is 0 Å². The van der Waals surface area contributed by atoms with Crippen LogP contribution in [0.25, 0.3) is 0 Å². The molecule has 8 nitrogen and oxygen atoms in total. The lowest BCUT2D eigenvalue weighted by molar-refractivity contribution is -0.135. The average Bonchev–Trinajstić information content (AvgIpc) is 3.19. The van der Waals surface area contributed by atoms with E-state index >= 15 is 0 Å². The molecule has 1 unspecified atom stereocenters. The minimum Gasteiger partial charge on any atom is -0.508 e. The molecule has 34 heavy (non-hydrogen) atoms. The number of urea groups is 1. The number of carbonyl (C=O) groups excluding carboxylic acids is 3. The molecule has 4 amide bonds. The Hall–Kier alpha value is -2.69. The summed E-state index contributed by atoms with van der Waals surface area (Å²) < 4.78 is 6.53. The van der Waals surface area contributed by atoms with Crippen LogP contribution >= 0.6 is 15.9 Å². The number of ether oxygens (including phenoxy) is 1. The molecule has 0 aromatic heterocycles. The molecule has 0 saturated carbocycles. The van der Waals surface area contributed by atoms with E-state index in [-0.39, 0.29) is 31.5 Å². The molecule has 2 aliphatic heterocycles. The number of aromatic hydroxyl groups is 1. The number of imide groups is 1. The van der Waals surface area contributed by atoms with Gasteiger partial charge in [0.05, 0.1) is 6.54 Å². The van der Waals surface area contributed by atoms with Crippen LogP contribution in [0.4, 0.5) is 4.79 Å². The van der Waals surface area contributed by atoms with Crippen molar-refractivity contribution in [1.82, 2.24) is 15.1 Å². The zero-order valence-electron chi connectivity index (χ0n) is 19.4. The number of nitrogens with zero attached hydrogens (tertiary/aromatic N) is 2. The third-order valence-electron chi connectivity index (χ3n) is 6.13. The molecule has 2 heterocycles. The van der Waals surface area contributed by atoms with E-state index in [1.807, 2.05) is 0 Å². The molecule has 1 fully saturated rings. The first-order valence-corrected chi connectivity index (χ1v) is 15.6. The predicted octanol–water partition coefficient (Wildman–Crippen LogP) is 3.87. The fourth-order valence-corrected chi connectivity index (χ4v) is 5.19. The van der Waals surface area contributed by atoms with E-state index in [1.54, 1.807) is 30.3 Å². The Morgan fingerprint density at radius 1 is 1.12 bits per heavy atom. The number of nitrogens with one attached hydrogen (secondary N) is 1. The minimum absolute atomic E-state index is 0.00320. The number of hydrogen-bond acceptors (Lipinski definition) is 5. The van der Waals surface area contributed by atoms with Crippen molar-refractivity contribution in [3.05, 3.63) is 63.6 Å². The molecular formula is C24H28BrN3O5Si.